The van der Waals surface area contributed by atoms with Crippen LogP contribution in [0.3, 0.4) is 0 Å². The number of para-hydroxylation sites is 2. The maximum Gasteiger partial charge on any atom is 0.367 e. The van der Waals surface area contributed by atoms with Crippen LogP contribution in [0.5, 0.6) is 0 Å². The highest BCUT2D eigenvalue weighted by atomic mass is 32.1. The van der Waals surface area contributed by atoms with Gasteiger partial charge in [0.25, 0.3) is 5.95 Å². The van der Waals surface area contributed by atoms with Crippen LogP contribution in [0.25, 0.3) is 17.1 Å². The van der Waals surface area contributed by atoms with Crippen LogP contribution >= 0.6 is 12.2 Å². The maximum atomic E-state index is 12.2. The van der Waals surface area contributed by atoms with Crippen LogP contribution in [0.2, 0.25) is 0 Å². The normalized spacial score (nSPS) is 10.4. The average molecular weight is 444 g/mol. The summed E-state index contributed by atoms with van der Waals surface area (Å²) in [4.78, 5) is 12.1. The van der Waals surface area contributed by atoms with E-state index in [1.807, 2.05) is 95.6 Å². The van der Waals surface area contributed by atoms with Crippen molar-refractivity contribution >= 4 is 34.8 Å². The summed E-state index contributed by atoms with van der Waals surface area (Å²) in [5, 5.41) is 10.6. The van der Waals surface area contributed by atoms with E-state index in [-0.39, 0.29) is 11.6 Å². The van der Waals surface area contributed by atoms with Gasteiger partial charge in [-0.15, -0.1) is 10.2 Å². The number of benzene rings is 3. The zero-order valence-corrected chi connectivity index (χ0v) is 18.2. The molecule has 32 heavy (non-hydrogen) atoms. The molecule has 160 valence electrons. The van der Waals surface area contributed by atoms with E-state index in [1.165, 1.54) is 0 Å². The number of anilines is 2. The standard InChI is InChI=1S/C24H21N5O2S/c1-2-31-23(30)22(32)27-29(20-16-10-5-11-17-20)24-26-25-21(18-12-6-3-7-13-18)28(24)19-14-8-4-9-15-19/h3-17H,2H2,1H3,(H,27,32). The molecule has 4 rings (SSSR count). The Morgan fingerprint density at radius 1 is 0.938 bits per heavy atom. The van der Waals surface area contributed by atoms with Gasteiger partial charge in [-0.1, -0.05) is 78.9 Å². The van der Waals surface area contributed by atoms with E-state index >= 15 is 0 Å². The van der Waals surface area contributed by atoms with Crippen LogP contribution < -0.4 is 10.4 Å². The number of nitrogens with one attached hydrogen (secondary N) is 1. The smallest absolute Gasteiger partial charge is 0.367 e. The lowest BCUT2D eigenvalue weighted by molar-refractivity contribution is -0.135. The summed E-state index contributed by atoms with van der Waals surface area (Å²) in [6.07, 6.45) is 0. The van der Waals surface area contributed by atoms with Gasteiger partial charge in [-0.2, -0.15) is 0 Å². The Labute approximate surface area is 191 Å². The van der Waals surface area contributed by atoms with Crippen molar-refractivity contribution in [1.82, 2.24) is 20.2 Å². The Balaban J connectivity index is 1.87. The molecule has 0 aliphatic rings. The highest BCUT2D eigenvalue weighted by Gasteiger charge is 2.24. The highest BCUT2D eigenvalue weighted by Crippen LogP contribution is 2.30. The monoisotopic (exact) mass is 443 g/mol. The van der Waals surface area contributed by atoms with E-state index in [9.17, 15) is 4.79 Å². The lowest BCUT2D eigenvalue weighted by Gasteiger charge is -2.25. The van der Waals surface area contributed by atoms with Gasteiger partial charge in [-0.05, 0) is 31.2 Å². The average Bonchev–Trinajstić information content (AvgIpc) is 3.29. The number of thiocarbonyl (C=S) groups is 1. The summed E-state index contributed by atoms with van der Waals surface area (Å²) >= 11 is 5.29. The van der Waals surface area contributed by atoms with Crippen molar-refractivity contribution in [3.8, 4) is 17.1 Å². The maximum absolute atomic E-state index is 12.2. The summed E-state index contributed by atoms with van der Waals surface area (Å²) in [6.45, 7) is 1.96. The van der Waals surface area contributed by atoms with Gasteiger partial charge < -0.3 is 4.74 Å². The summed E-state index contributed by atoms with van der Waals surface area (Å²) in [7, 11) is 0. The number of rotatable bonds is 6. The van der Waals surface area contributed by atoms with E-state index in [2.05, 4.69) is 15.6 Å². The van der Waals surface area contributed by atoms with Crippen molar-refractivity contribution in [1.29, 1.82) is 0 Å². The summed E-state index contributed by atoms with van der Waals surface area (Å²) < 4.78 is 6.96. The third kappa shape index (κ3) is 4.50. The molecule has 0 unspecified atom stereocenters. The third-order valence-corrected chi connectivity index (χ3v) is 4.84. The minimum Gasteiger partial charge on any atom is -0.461 e. The Morgan fingerprint density at radius 2 is 1.53 bits per heavy atom. The molecule has 4 aromatic rings. The summed E-state index contributed by atoms with van der Waals surface area (Å²) in [6, 6.07) is 29.0. The van der Waals surface area contributed by atoms with Crippen molar-refractivity contribution in [2.45, 2.75) is 6.92 Å². The van der Waals surface area contributed by atoms with Gasteiger partial charge in [0.1, 0.15) is 0 Å². The second kappa shape index (κ2) is 9.84. The van der Waals surface area contributed by atoms with Gasteiger partial charge in [0, 0.05) is 5.56 Å². The second-order valence-corrected chi connectivity index (χ2v) is 7.10. The van der Waals surface area contributed by atoms with E-state index < -0.39 is 5.97 Å². The van der Waals surface area contributed by atoms with Gasteiger partial charge in [0.15, 0.2) is 5.82 Å². The lowest BCUT2D eigenvalue weighted by atomic mass is 10.2. The molecule has 0 aliphatic heterocycles. The van der Waals surface area contributed by atoms with Crippen molar-refractivity contribution < 1.29 is 9.53 Å². The van der Waals surface area contributed by atoms with Crippen LogP contribution in [0.1, 0.15) is 6.92 Å². The van der Waals surface area contributed by atoms with Crippen LogP contribution in [0.4, 0.5) is 11.6 Å². The number of ether oxygens (including phenoxy) is 1. The molecule has 0 amide bonds. The zero-order valence-electron chi connectivity index (χ0n) is 17.4. The number of esters is 1. The van der Waals surface area contributed by atoms with Crippen LogP contribution in [-0.2, 0) is 9.53 Å². The Morgan fingerprint density at radius 3 is 2.16 bits per heavy atom. The molecule has 1 aromatic heterocycles. The molecule has 1 N–H and O–H groups in total. The Bertz CT molecular complexity index is 1200. The lowest BCUT2D eigenvalue weighted by Crippen LogP contribution is -2.43. The number of hydrogen-bond acceptors (Lipinski definition) is 6. The molecule has 8 heteroatoms. The first-order valence-corrected chi connectivity index (χ1v) is 10.5. The first kappa shape index (κ1) is 21.2. The van der Waals surface area contributed by atoms with E-state index in [0.717, 1.165) is 16.9 Å². The third-order valence-electron chi connectivity index (χ3n) is 4.58. The molecule has 0 saturated carbocycles. The Kier molecular flexibility index (Phi) is 6.52. The fourth-order valence-electron chi connectivity index (χ4n) is 3.16. The molecule has 0 spiro atoms. The number of carbonyl (C=O) groups excluding carboxylic acids is 1. The predicted molar refractivity (Wildman–Crippen MR) is 128 cm³/mol. The van der Waals surface area contributed by atoms with Crippen molar-refractivity contribution in [3.05, 3.63) is 91.0 Å². The first-order valence-electron chi connectivity index (χ1n) is 10.1. The molecule has 7 nitrogen and oxygen atoms in total. The van der Waals surface area contributed by atoms with Crippen LogP contribution in [0.15, 0.2) is 91.0 Å². The van der Waals surface area contributed by atoms with Gasteiger partial charge >= 0.3 is 5.97 Å². The Hall–Kier alpha value is -4.04. The topological polar surface area (TPSA) is 72.3 Å². The minimum absolute atomic E-state index is 0.0837. The number of nitrogens with zero attached hydrogens (tertiary/aromatic N) is 4. The molecule has 0 aliphatic carbocycles. The highest BCUT2D eigenvalue weighted by molar-refractivity contribution is 7.82. The summed E-state index contributed by atoms with van der Waals surface area (Å²) in [5.41, 5.74) is 5.46. The number of aromatic nitrogens is 3. The van der Waals surface area contributed by atoms with E-state index in [0.29, 0.717) is 11.8 Å². The largest absolute Gasteiger partial charge is 0.461 e. The van der Waals surface area contributed by atoms with Gasteiger partial charge in [0.05, 0.1) is 18.0 Å². The first-order chi connectivity index (χ1) is 15.7. The molecule has 0 atom stereocenters. The van der Waals surface area contributed by atoms with Crippen LogP contribution in [0, 0.1) is 0 Å². The van der Waals surface area contributed by atoms with Crippen molar-refractivity contribution in [2.75, 3.05) is 11.6 Å². The van der Waals surface area contributed by atoms with E-state index in [1.54, 1.807) is 11.9 Å². The molecular formula is C24H21N5O2S. The molecule has 1 heterocycles. The van der Waals surface area contributed by atoms with Gasteiger partial charge in [-0.25, -0.2) is 9.80 Å². The molecule has 0 saturated heterocycles. The zero-order chi connectivity index (χ0) is 22.3. The minimum atomic E-state index is -0.613. The molecule has 3 aromatic carbocycles. The molecule has 0 bridgehead atoms. The molecule has 0 radical (unpaired) electrons. The molecule has 0 fully saturated rings. The number of carbonyl (C=O) groups is 1. The fourth-order valence-corrected chi connectivity index (χ4v) is 3.31. The predicted octanol–water partition coefficient (Wildman–Crippen LogP) is 4.47. The number of hydrogen-bond donors (Lipinski definition) is 1. The molecular weight excluding hydrogens is 422 g/mol. The number of hydrazine groups is 1. The van der Waals surface area contributed by atoms with Crippen molar-refractivity contribution in [2.24, 2.45) is 0 Å². The van der Waals surface area contributed by atoms with Gasteiger partial charge in [-0.3, -0.25) is 9.99 Å². The quantitative estimate of drug-likeness (QED) is 0.268. The fraction of sp³-hybridized carbons (Fsp3) is 0.0833. The SMILES string of the molecule is CCOC(=O)C(=S)NN(c1ccccc1)c1nnc(-c2ccccc2)n1-c1ccccc1. The summed E-state index contributed by atoms with van der Waals surface area (Å²) in [5.74, 6) is 0.474. The van der Waals surface area contributed by atoms with Crippen LogP contribution in [-0.4, -0.2) is 32.3 Å². The van der Waals surface area contributed by atoms with Gasteiger partial charge in [0.2, 0.25) is 4.99 Å². The van der Waals surface area contributed by atoms with E-state index in [4.69, 9.17) is 17.0 Å². The second-order valence-electron chi connectivity index (χ2n) is 6.69. The van der Waals surface area contributed by atoms with Crippen molar-refractivity contribution in [3.63, 3.8) is 0 Å².